The molecule has 2 heterocycles. The summed E-state index contributed by atoms with van der Waals surface area (Å²) in [7, 11) is 1.44. The molecule has 0 fully saturated rings. The van der Waals surface area contributed by atoms with Gasteiger partial charge in [0.25, 0.3) is 5.91 Å². The summed E-state index contributed by atoms with van der Waals surface area (Å²) >= 11 is 0. The fraction of sp³-hybridized carbons (Fsp3) is 0.286. The van der Waals surface area contributed by atoms with Crippen LogP contribution < -0.4 is 20.7 Å². The summed E-state index contributed by atoms with van der Waals surface area (Å²) in [6, 6.07) is 14.2. The van der Waals surface area contributed by atoms with Crippen LogP contribution in [0.25, 0.3) is 0 Å². The highest BCUT2D eigenvalue weighted by Crippen LogP contribution is 2.41. The third kappa shape index (κ3) is 5.10. The molecule has 2 aromatic carbocycles. The van der Waals surface area contributed by atoms with Crippen LogP contribution in [0.5, 0.6) is 5.75 Å². The van der Waals surface area contributed by atoms with Gasteiger partial charge in [0.05, 0.1) is 36.5 Å². The van der Waals surface area contributed by atoms with E-state index in [-0.39, 0.29) is 35.8 Å². The number of nitrogens with one attached hydrogen (secondary N) is 4. The molecular formula is C28H32N6O4. The maximum atomic E-state index is 13.4. The highest BCUT2D eigenvalue weighted by Gasteiger charge is 2.44. The number of hydrogen-bond donors (Lipinski definition) is 4. The number of hydrogen-bond acceptors (Lipinski definition) is 5. The Morgan fingerprint density at radius 1 is 1.18 bits per heavy atom. The zero-order valence-corrected chi connectivity index (χ0v) is 21.9. The molecule has 1 aromatic heterocycles. The molecule has 10 nitrogen and oxygen atoms in total. The van der Waals surface area contributed by atoms with Crippen molar-refractivity contribution in [2.75, 3.05) is 17.7 Å². The average Bonchev–Trinajstić information content (AvgIpc) is 3.44. The van der Waals surface area contributed by atoms with Crippen LogP contribution in [-0.4, -0.2) is 40.1 Å². The van der Waals surface area contributed by atoms with Crippen molar-refractivity contribution in [1.29, 1.82) is 0 Å². The van der Waals surface area contributed by atoms with Crippen LogP contribution in [0.4, 0.5) is 16.3 Å². The first-order valence-corrected chi connectivity index (χ1v) is 12.3. The van der Waals surface area contributed by atoms with Gasteiger partial charge >= 0.3 is 6.03 Å². The predicted octanol–water partition coefficient (Wildman–Crippen LogP) is 4.71. The lowest BCUT2D eigenvalue weighted by molar-refractivity contribution is -0.111. The Hall–Kier alpha value is -4.60. The minimum Gasteiger partial charge on any atom is -0.496 e. The van der Waals surface area contributed by atoms with Crippen molar-refractivity contribution in [1.82, 2.24) is 20.4 Å². The van der Waals surface area contributed by atoms with Gasteiger partial charge in [-0.1, -0.05) is 43.8 Å². The summed E-state index contributed by atoms with van der Waals surface area (Å²) in [6.07, 6.45) is 1.90. The lowest BCUT2D eigenvalue weighted by Gasteiger charge is -2.33. The molecule has 4 rings (SSSR count). The first-order valence-electron chi connectivity index (χ1n) is 12.3. The Kier molecular flexibility index (Phi) is 7.52. The summed E-state index contributed by atoms with van der Waals surface area (Å²) < 4.78 is 5.37. The van der Waals surface area contributed by atoms with E-state index < -0.39 is 11.4 Å². The number of rotatable bonds is 8. The largest absolute Gasteiger partial charge is 0.496 e. The van der Waals surface area contributed by atoms with E-state index in [1.807, 2.05) is 51.1 Å². The number of aromatic nitrogens is 2. The SMILES string of the molecule is C=CC(=O)Nc1ccc(C(=O)Nc2n[nH]c3c2CN(C(=O)N[C@H](CC)c2ccccc2)C3(C)C)c(OC)c1. The second-order valence-electron chi connectivity index (χ2n) is 9.45. The van der Waals surface area contributed by atoms with E-state index in [0.717, 1.165) is 29.3 Å². The zero-order chi connectivity index (χ0) is 27.4. The van der Waals surface area contributed by atoms with E-state index in [9.17, 15) is 14.4 Å². The van der Waals surface area contributed by atoms with Gasteiger partial charge < -0.3 is 25.6 Å². The molecule has 0 saturated heterocycles. The Bertz CT molecular complexity index is 1360. The molecular weight excluding hydrogens is 484 g/mol. The number of benzene rings is 2. The number of nitrogens with zero attached hydrogens (tertiary/aromatic N) is 2. The number of H-pyrrole nitrogens is 1. The Balaban J connectivity index is 1.51. The van der Waals surface area contributed by atoms with Crippen LogP contribution in [0.15, 0.2) is 61.2 Å². The van der Waals surface area contributed by atoms with Crippen molar-refractivity contribution in [3.8, 4) is 5.75 Å². The maximum absolute atomic E-state index is 13.4. The molecule has 0 spiro atoms. The number of anilines is 2. The van der Waals surface area contributed by atoms with Gasteiger partial charge in [-0.05, 0) is 44.0 Å². The topological polar surface area (TPSA) is 128 Å². The van der Waals surface area contributed by atoms with Crippen LogP contribution in [0.3, 0.4) is 0 Å². The predicted molar refractivity (Wildman–Crippen MR) is 145 cm³/mol. The van der Waals surface area contributed by atoms with Crippen LogP contribution in [-0.2, 0) is 16.9 Å². The van der Waals surface area contributed by atoms with E-state index in [4.69, 9.17) is 4.74 Å². The Morgan fingerprint density at radius 3 is 2.58 bits per heavy atom. The smallest absolute Gasteiger partial charge is 0.318 e. The summed E-state index contributed by atoms with van der Waals surface area (Å²) in [5.74, 6) is -0.186. The minimum atomic E-state index is -0.674. The van der Waals surface area contributed by atoms with Gasteiger partial charge in [-0.25, -0.2) is 4.79 Å². The molecule has 0 saturated carbocycles. The summed E-state index contributed by atoms with van der Waals surface area (Å²) in [5, 5.41) is 15.9. The maximum Gasteiger partial charge on any atom is 0.318 e. The summed E-state index contributed by atoms with van der Waals surface area (Å²) in [6.45, 7) is 9.60. The van der Waals surface area contributed by atoms with Crippen LogP contribution in [0, 0.1) is 0 Å². The average molecular weight is 517 g/mol. The standard InChI is InChI=1S/C28H32N6O4/c1-6-21(17-11-9-8-10-12-17)30-27(37)34-16-20-24(28(34,3)4)32-33-25(20)31-26(36)19-14-13-18(15-22(19)38-5)29-23(35)7-2/h7-15,21H,2,6,16H2,1,3-5H3,(H,29,35)(H,30,37)(H2,31,32,33,36)/t21-/m1/s1. The zero-order valence-electron chi connectivity index (χ0n) is 21.9. The van der Waals surface area contributed by atoms with Gasteiger partial charge in [0.2, 0.25) is 5.91 Å². The summed E-state index contributed by atoms with van der Waals surface area (Å²) in [4.78, 5) is 39.9. The van der Waals surface area contributed by atoms with Gasteiger partial charge in [-0.2, -0.15) is 5.10 Å². The molecule has 0 bridgehead atoms. The van der Waals surface area contributed by atoms with Crippen molar-refractivity contribution in [2.24, 2.45) is 0 Å². The highest BCUT2D eigenvalue weighted by atomic mass is 16.5. The van der Waals surface area contributed by atoms with Gasteiger partial charge in [0.1, 0.15) is 5.75 Å². The van der Waals surface area contributed by atoms with Gasteiger partial charge in [-0.3, -0.25) is 14.7 Å². The number of aromatic amines is 1. The van der Waals surface area contributed by atoms with Crippen molar-refractivity contribution in [3.63, 3.8) is 0 Å². The van der Waals surface area contributed by atoms with Crippen molar-refractivity contribution < 1.29 is 19.1 Å². The fourth-order valence-electron chi connectivity index (χ4n) is 4.60. The molecule has 0 unspecified atom stereocenters. The number of methoxy groups -OCH3 is 1. The molecule has 1 aliphatic rings. The number of carbonyl (C=O) groups is 3. The van der Waals surface area contributed by atoms with E-state index in [2.05, 4.69) is 32.7 Å². The lowest BCUT2D eigenvalue weighted by atomic mass is 10.0. The number of amides is 4. The van der Waals surface area contributed by atoms with Gasteiger partial charge in [0.15, 0.2) is 5.82 Å². The van der Waals surface area contributed by atoms with Crippen molar-refractivity contribution >= 4 is 29.4 Å². The van der Waals surface area contributed by atoms with Crippen LogP contribution >= 0.6 is 0 Å². The Labute approximate surface area is 221 Å². The Morgan fingerprint density at radius 2 is 1.92 bits per heavy atom. The fourth-order valence-corrected chi connectivity index (χ4v) is 4.60. The molecule has 10 heteroatoms. The highest BCUT2D eigenvalue weighted by molar-refractivity contribution is 6.07. The van der Waals surface area contributed by atoms with Crippen molar-refractivity contribution in [3.05, 3.63) is 83.6 Å². The molecule has 0 aliphatic carbocycles. The number of urea groups is 1. The van der Waals surface area contributed by atoms with E-state index in [1.165, 1.54) is 7.11 Å². The first-order chi connectivity index (χ1) is 18.2. The third-order valence-corrected chi connectivity index (χ3v) is 6.75. The van der Waals surface area contributed by atoms with Gasteiger partial charge in [0, 0.05) is 17.3 Å². The third-order valence-electron chi connectivity index (χ3n) is 6.75. The number of carbonyl (C=O) groups excluding carboxylic acids is 3. The van der Waals surface area contributed by atoms with E-state index in [1.54, 1.807) is 23.1 Å². The summed E-state index contributed by atoms with van der Waals surface area (Å²) in [5.41, 5.74) is 2.59. The second-order valence-corrected chi connectivity index (χ2v) is 9.45. The normalized spacial score (nSPS) is 14.3. The first kappa shape index (κ1) is 26.5. The molecule has 4 N–H and O–H groups in total. The molecule has 198 valence electrons. The minimum absolute atomic E-state index is 0.123. The number of fused-ring (bicyclic) bond motifs is 1. The molecule has 3 aromatic rings. The van der Waals surface area contributed by atoms with Gasteiger partial charge in [-0.15, -0.1) is 0 Å². The lowest BCUT2D eigenvalue weighted by Crippen LogP contribution is -2.47. The second kappa shape index (κ2) is 10.8. The number of ether oxygens (including phenoxy) is 1. The monoisotopic (exact) mass is 516 g/mol. The molecule has 38 heavy (non-hydrogen) atoms. The van der Waals surface area contributed by atoms with E-state index in [0.29, 0.717) is 11.5 Å². The molecule has 4 amide bonds. The van der Waals surface area contributed by atoms with Crippen molar-refractivity contribution in [2.45, 2.75) is 45.3 Å². The van der Waals surface area contributed by atoms with Crippen LogP contribution in [0.1, 0.15) is 60.4 Å². The molecule has 0 radical (unpaired) electrons. The molecule has 1 atom stereocenters. The van der Waals surface area contributed by atoms with E-state index >= 15 is 0 Å². The quantitative estimate of drug-likeness (QED) is 0.323. The van der Waals surface area contributed by atoms with Crippen LogP contribution in [0.2, 0.25) is 0 Å². The molecule has 1 aliphatic heterocycles.